The molecule has 1 aliphatic rings. The standard InChI is InChI=1S/C18H30N2O/c1-5-18(4,20(6-2)7-3)17(21)15-12-8-10-14-11-9-13-19-16(14)15/h9,11,13,15,17,21H,5-8,10,12H2,1-4H3. The smallest absolute Gasteiger partial charge is 0.0804 e. The van der Waals surface area contributed by atoms with Gasteiger partial charge in [-0.25, -0.2) is 0 Å². The van der Waals surface area contributed by atoms with Gasteiger partial charge in [-0.05, 0) is 57.3 Å². The maximum atomic E-state index is 11.2. The average Bonchev–Trinajstić information content (AvgIpc) is 2.54. The third-order valence-corrected chi connectivity index (χ3v) is 5.46. The molecule has 1 N–H and O–H groups in total. The van der Waals surface area contributed by atoms with Crippen LogP contribution in [0, 0.1) is 0 Å². The molecule has 21 heavy (non-hydrogen) atoms. The van der Waals surface area contributed by atoms with Gasteiger partial charge in [-0.2, -0.15) is 0 Å². The van der Waals surface area contributed by atoms with E-state index in [0.717, 1.165) is 44.5 Å². The molecule has 3 atom stereocenters. The number of pyridine rings is 1. The lowest BCUT2D eigenvalue weighted by molar-refractivity contribution is -0.0376. The molecule has 0 amide bonds. The summed E-state index contributed by atoms with van der Waals surface area (Å²) >= 11 is 0. The Balaban J connectivity index is 2.32. The quantitative estimate of drug-likeness (QED) is 0.872. The summed E-state index contributed by atoms with van der Waals surface area (Å²) in [4.78, 5) is 7.00. The Morgan fingerprint density at radius 3 is 2.71 bits per heavy atom. The normalized spacial score (nSPS) is 22.7. The molecule has 1 aromatic rings. The molecule has 3 nitrogen and oxygen atoms in total. The monoisotopic (exact) mass is 290 g/mol. The zero-order valence-electron chi connectivity index (χ0n) is 14.0. The predicted molar refractivity (Wildman–Crippen MR) is 87.5 cm³/mol. The van der Waals surface area contributed by atoms with Crippen molar-refractivity contribution in [3.05, 3.63) is 29.6 Å². The van der Waals surface area contributed by atoms with Crippen LogP contribution in [0.1, 0.15) is 64.1 Å². The minimum Gasteiger partial charge on any atom is -0.391 e. The van der Waals surface area contributed by atoms with Crippen LogP contribution in [0.4, 0.5) is 0 Å². The van der Waals surface area contributed by atoms with Crippen LogP contribution in [0.15, 0.2) is 18.3 Å². The fourth-order valence-corrected chi connectivity index (χ4v) is 3.95. The first-order valence-corrected chi connectivity index (χ1v) is 8.45. The van der Waals surface area contributed by atoms with Crippen LogP contribution < -0.4 is 0 Å². The molecule has 0 aliphatic heterocycles. The Labute approximate surface area is 129 Å². The van der Waals surface area contributed by atoms with E-state index in [4.69, 9.17) is 0 Å². The van der Waals surface area contributed by atoms with Gasteiger partial charge in [-0.3, -0.25) is 9.88 Å². The van der Waals surface area contributed by atoms with E-state index >= 15 is 0 Å². The molecule has 3 heteroatoms. The van der Waals surface area contributed by atoms with Crippen molar-refractivity contribution in [2.75, 3.05) is 13.1 Å². The van der Waals surface area contributed by atoms with E-state index in [1.165, 1.54) is 5.56 Å². The first-order chi connectivity index (χ1) is 10.1. The number of fused-ring (bicyclic) bond motifs is 1. The minimum atomic E-state index is -0.364. The topological polar surface area (TPSA) is 36.4 Å². The third kappa shape index (κ3) is 3.00. The van der Waals surface area contributed by atoms with Crippen LogP contribution >= 0.6 is 0 Å². The molecule has 118 valence electrons. The van der Waals surface area contributed by atoms with Crippen molar-refractivity contribution in [1.82, 2.24) is 9.88 Å². The summed E-state index contributed by atoms with van der Waals surface area (Å²) in [7, 11) is 0. The molecule has 3 unspecified atom stereocenters. The number of aromatic nitrogens is 1. The Kier molecular flexibility index (Phi) is 5.39. The van der Waals surface area contributed by atoms with E-state index < -0.39 is 0 Å². The molecular weight excluding hydrogens is 260 g/mol. The summed E-state index contributed by atoms with van der Waals surface area (Å²) in [5, 5.41) is 11.2. The Bertz CT molecular complexity index is 458. The van der Waals surface area contributed by atoms with Crippen LogP contribution in [0.2, 0.25) is 0 Å². The second-order valence-electron chi connectivity index (χ2n) is 6.37. The van der Waals surface area contributed by atoms with E-state index in [-0.39, 0.29) is 17.6 Å². The van der Waals surface area contributed by atoms with Crippen LogP contribution in [0.5, 0.6) is 0 Å². The van der Waals surface area contributed by atoms with Gasteiger partial charge in [0.2, 0.25) is 0 Å². The Morgan fingerprint density at radius 2 is 2.10 bits per heavy atom. The highest BCUT2D eigenvalue weighted by molar-refractivity contribution is 5.28. The molecule has 1 aromatic heterocycles. The predicted octanol–water partition coefficient (Wildman–Crippen LogP) is 3.37. The average molecular weight is 290 g/mol. The maximum absolute atomic E-state index is 11.2. The number of hydrogen-bond donors (Lipinski definition) is 1. The lowest BCUT2D eigenvalue weighted by atomic mass is 9.74. The van der Waals surface area contributed by atoms with E-state index in [0.29, 0.717) is 0 Å². The maximum Gasteiger partial charge on any atom is 0.0804 e. The van der Waals surface area contributed by atoms with Crippen molar-refractivity contribution in [2.45, 2.75) is 70.9 Å². The molecule has 0 fully saturated rings. The van der Waals surface area contributed by atoms with Crippen molar-refractivity contribution >= 4 is 0 Å². The Hall–Kier alpha value is -0.930. The summed E-state index contributed by atoms with van der Waals surface area (Å²) in [5.41, 5.74) is 2.27. The molecule has 0 aromatic carbocycles. The van der Waals surface area contributed by atoms with Gasteiger partial charge in [-0.1, -0.05) is 26.8 Å². The second-order valence-corrected chi connectivity index (χ2v) is 6.37. The largest absolute Gasteiger partial charge is 0.391 e. The summed E-state index contributed by atoms with van der Waals surface area (Å²) < 4.78 is 0. The fraction of sp³-hybridized carbons (Fsp3) is 0.722. The summed E-state index contributed by atoms with van der Waals surface area (Å²) in [6.07, 6.45) is 5.75. The SMILES string of the molecule is CCN(CC)C(C)(CC)C(O)C1CCCc2cccnc21. The fourth-order valence-electron chi connectivity index (χ4n) is 3.95. The highest BCUT2D eigenvalue weighted by atomic mass is 16.3. The summed E-state index contributed by atoms with van der Waals surface area (Å²) in [6, 6.07) is 4.18. The van der Waals surface area contributed by atoms with Gasteiger partial charge in [0.1, 0.15) is 0 Å². The lowest BCUT2D eigenvalue weighted by Crippen LogP contribution is -2.56. The van der Waals surface area contributed by atoms with Gasteiger partial charge in [0.25, 0.3) is 0 Å². The molecule has 1 heterocycles. The molecule has 0 spiro atoms. The molecule has 0 bridgehead atoms. The molecule has 0 saturated heterocycles. The van der Waals surface area contributed by atoms with Crippen LogP contribution in [-0.2, 0) is 6.42 Å². The highest BCUT2D eigenvalue weighted by Crippen LogP contribution is 2.39. The molecule has 0 saturated carbocycles. The zero-order valence-corrected chi connectivity index (χ0v) is 14.0. The Morgan fingerprint density at radius 1 is 1.38 bits per heavy atom. The number of nitrogens with zero attached hydrogens (tertiary/aromatic N) is 2. The van der Waals surface area contributed by atoms with Gasteiger partial charge in [0, 0.05) is 23.3 Å². The number of aryl methyl sites for hydroxylation is 1. The first kappa shape index (κ1) is 16.4. The van der Waals surface area contributed by atoms with Crippen LogP contribution in [0.25, 0.3) is 0 Å². The number of aliphatic hydroxyl groups excluding tert-OH is 1. The number of aliphatic hydroxyl groups is 1. The van der Waals surface area contributed by atoms with Crippen molar-refractivity contribution in [3.63, 3.8) is 0 Å². The van der Waals surface area contributed by atoms with Crippen LogP contribution in [0.3, 0.4) is 0 Å². The molecule has 2 rings (SSSR count). The van der Waals surface area contributed by atoms with Crippen molar-refractivity contribution < 1.29 is 5.11 Å². The van der Waals surface area contributed by atoms with Gasteiger partial charge in [0.05, 0.1) is 6.10 Å². The second kappa shape index (κ2) is 6.89. The highest BCUT2D eigenvalue weighted by Gasteiger charge is 2.42. The summed E-state index contributed by atoms with van der Waals surface area (Å²) in [5.74, 6) is 0.167. The minimum absolute atomic E-state index is 0.167. The lowest BCUT2D eigenvalue weighted by Gasteiger charge is -2.46. The number of hydrogen-bond acceptors (Lipinski definition) is 3. The van der Waals surface area contributed by atoms with E-state index in [1.807, 2.05) is 12.3 Å². The zero-order chi connectivity index (χ0) is 15.5. The van der Waals surface area contributed by atoms with E-state index in [2.05, 4.69) is 43.6 Å². The van der Waals surface area contributed by atoms with Gasteiger partial charge in [0.15, 0.2) is 0 Å². The van der Waals surface area contributed by atoms with Crippen LogP contribution in [-0.4, -0.2) is 39.7 Å². The molecule has 0 radical (unpaired) electrons. The van der Waals surface area contributed by atoms with Crippen molar-refractivity contribution in [3.8, 4) is 0 Å². The van der Waals surface area contributed by atoms with Gasteiger partial charge in [-0.15, -0.1) is 0 Å². The molecule has 1 aliphatic carbocycles. The van der Waals surface area contributed by atoms with Gasteiger partial charge < -0.3 is 5.11 Å². The number of rotatable bonds is 6. The molecular formula is C18H30N2O. The van der Waals surface area contributed by atoms with Crippen molar-refractivity contribution in [2.24, 2.45) is 0 Å². The van der Waals surface area contributed by atoms with Crippen molar-refractivity contribution in [1.29, 1.82) is 0 Å². The third-order valence-electron chi connectivity index (χ3n) is 5.46. The van der Waals surface area contributed by atoms with E-state index in [9.17, 15) is 5.11 Å². The van der Waals surface area contributed by atoms with Gasteiger partial charge >= 0.3 is 0 Å². The summed E-state index contributed by atoms with van der Waals surface area (Å²) in [6.45, 7) is 10.7. The number of likely N-dealkylation sites (N-methyl/N-ethyl adjacent to an activating group) is 1. The van der Waals surface area contributed by atoms with E-state index in [1.54, 1.807) is 0 Å². The first-order valence-electron chi connectivity index (χ1n) is 8.45.